The molecule has 22 heavy (non-hydrogen) atoms. The topological polar surface area (TPSA) is 59.8 Å². The van der Waals surface area contributed by atoms with Gasteiger partial charge in [0.15, 0.2) is 0 Å². The lowest BCUT2D eigenvalue weighted by Crippen LogP contribution is -2.41. The summed E-state index contributed by atoms with van der Waals surface area (Å²) >= 11 is 0. The first-order valence-electron chi connectivity index (χ1n) is 8.02. The molecule has 5 nitrogen and oxygen atoms in total. The van der Waals surface area contributed by atoms with Gasteiger partial charge in [-0.3, -0.25) is 4.79 Å². The van der Waals surface area contributed by atoms with Crippen molar-refractivity contribution in [2.75, 3.05) is 0 Å². The fourth-order valence-corrected chi connectivity index (χ4v) is 3.56. The van der Waals surface area contributed by atoms with Gasteiger partial charge >= 0.3 is 0 Å². The SMILES string of the molecule is Cc1nnc2n1C[C@@H](NC(=O)c1ccc3c(c1)CCC3)CC2. The van der Waals surface area contributed by atoms with E-state index in [2.05, 4.69) is 32.2 Å². The Balaban J connectivity index is 1.48. The van der Waals surface area contributed by atoms with E-state index in [-0.39, 0.29) is 11.9 Å². The van der Waals surface area contributed by atoms with Crippen molar-refractivity contribution in [3.63, 3.8) is 0 Å². The van der Waals surface area contributed by atoms with Crippen LogP contribution in [0.15, 0.2) is 18.2 Å². The van der Waals surface area contributed by atoms with Gasteiger partial charge in [-0.2, -0.15) is 0 Å². The summed E-state index contributed by atoms with van der Waals surface area (Å²) in [6, 6.07) is 6.29. The first kappa shape index (κ1) is 13.5. The van der Waals surface area contributed by atoms with E-state index in [0.29, 0.717) is 0 Å². The van der Waals surface area contributed by atoms with Crippen LogP contribution in [-0.2, 0) is 25.8 Å². The lowest BCUT2D eigenvalue weighted by molar-refractivity contribution is 0.0927. The van der Waals surface area contributed by atoms with Gasteiger partial charge in [0.2, 0.25) is 0 Å². The van der Waals surface area contributed by atoms with E-state index in [0.717, 1.165) is 49.4 Å². The van der Waals surface area contributed by atoms with Crippen molar-refractivity contribution in [3.05, 3.63) is 46.5 Å². The second kappa shape index (κ2) is 5.23. The fraction of sp³-hybridized carbons (Fsp3) is 0.471. The van der Waals surface area contributed by atoms with Gasteiger partial charge in [0.05, 0.1) is 0 Å². The molecule has 2 aliphatic rings. The summed E-state index contributed by atoms with van der Waals surface area (Å²) in [5, 5.41) is 11.4. The molecule has 5 heteroatoms. The van der Waals surface area contributed by atoms with E-state index in [1.165, 1.54) is 17.5 Å². The molecule has 1 atom stereocenters. The summed E-state index contributed by atoms with van der Waals surface area (Å²) in [6.45, 7) is 2.73. The molecule has 1 aliphatic carbocycles. The molecule has 1 aliphatic heterocycles. The fourth-order valence-electron chi connectivity index (χ4n) is 3.56. The Kier molecular flexibility index (Phi) is 3.21. The molecule has 1 amide bonds. The Hall–Kier alpha value is -2.17. The largest absolute Gasteiger partial charge is 0.347 e. The highest BCUT2D eigenvalue weighted by molar-refractivity contribution is 5.94. The standard InChI is InChI=1S/C17H20N4O/c1-11-19-20-16-8-7-15(10-21(11)16)18-17(22)14-6-5-12-3-2-4-13(12)9-14/h5-6,9,15H,2-4,7-8,10H2,1H3,(H,18,22)/t15-/m0/s1. The van der Waals surface area contributed by atoms with Crippen LogP contribution in [0, 0.1) is 6.92 Å². The molecule has 0 unspecified atom stereocenters. The Labute approximate surface area is 129 Å². The number of benzene rings is 1. The van der Waals surface area contributed by atoms with Crippen LogP contribution in [0.25, 0.3) is 0 Å². The first-order chi connectivity index (χ1) is 10.7. The average molecular weight is 296 g/mol. The van der Waals surface area contributed by atoms with Crippen LogP contribution < -0.4 is 5.32 Å². The summed E-state index contributed by atoms with van der Waals surface area (Å²) in [4.78, 5) is 12.5. The lowest BCUT2D eigenvalue weighted by Gasteiger charge is -2.25. The first-order valence-corrected chi connectivity index (χ1v) is 8.02. The third-order valence-electron chi connectivity index (χ3n) is 4.83. The third-order valence-corrected chi connectivity index (χ3v) is 4.83. The number of aryl methyl sites for hydroxylation is 4. The van der Waals surface area contributed by atoms with Crippen LogP contribution in [0.3, 0.4) is 0 Å². The minimum absolute atomic E-state index is 0.0360. The van der Waals surface area contributed by atoms with E-state index in [4.69, 9.17) is 0 Å². The van der Waals surface area contributed by atoms with Gasteiger partial charge in [0.1, 0.15) is 11.6 Å². The number of hydrogen-bond donors (Lipinski definition) is 1. The maximum atomic E-state index is 12.5. The maximum Gasteiger partial charge on any atom is 0.251 e. The van der Waals surface area contributed by atoms with Gasteiger partial charge in [-0.1, -0.05) is 6.07 Å². The Morgan fingerprint density at radius 3 is 3.00 bits per heavy atom. The number of hydrogen-bond acceptors (Lipinski definition) is 3. The van der Waals surface area contributed by atoms with Gasteiger partial charge in [0.25, 0.3) is 5.91 Å². The van der Waals surface area contributed by atoms with Gasteiger partial charge in [0, 0.05) is 24.6 Å². The van der Waals surface area contributed by atoms with Crippen molar-refractivity contribution in [1.29, 1.82) is 0 Å². The number of fused-ring (bicyclic) bond motifs is 2. The number of aromatic nitrogens is 3. The zero-order chi connectivity index (χ0) is 15.1. The molecule has 2 heterocycles. The van der Waals surface area contributed by atoms with Gasteiger partial charge in [-0.15, -0.1) is 10.2 Å². The van der Waals surface area contributed by atoms with E-state index in [1.807, 2.05) is 13.0 Å². The number of nitrogens with one attached hydrogen (secondary N) is 1. The molecule has 0 radical (unpaired) electrons. The number of amides is 1. The number of nitrogens with zero attached hydrogens (tertiary/aromatic N) is 3. The maximum absolute atomic E-state index is 12.5. The zero-order valence-electron chi connectivity index (χ0n) is 12.8. The van der Waals surface area contributed by atoms with Crippen LogP contribution in [-0.4, -0.2) is 26.7 Å². The van der Waals surface area contributed by atoms with E-state index < -0.39 is 0 Å². The van der Waals surface area contributed by atoms with Crippen LogP contribution in [0.4, 0.5) is 0 Å². The highest BCUT2D eigenvalue weighted by Gasteiger charge is 2.23. The smallest absolute Gasteiger partial charge is 0.251 e. The van der Waals surface area contributed by atoms with Crippen molar-refractivity contribution in [2.45, 2.75) is 51.6 Å². The van der Waals surface area contributed by atoms with Crippen molar-refractivity contribution in [3.8, 4) is 0 Å². The Morgan fingerprint density at radius 2 is 2.09 bits per heavy atom. The summed E-state index contributed by atoms with van der Waals surface area (Å²) in [7, 11) is 0. The highest BCUT2D eigenvalue weighted by atomic mass is 16.1. The summed E-state index contributed by atoms with van der Waals surface area (Å²) < 4.78 is 2.11. The monoisotopic (exact) mass is 296 g/mol. The molecule has 114 valence electrons. The van der Waals surface area contributed by atoms with E-state index >= 15 is 0 Å². The molecule has 0 bridgehead atoms. The summed E-state index contributed by atoms with van der Waals surface area (Å²) in [5.41, 5.74) is 3.53. The number of rotatable bonds is 2. The summed E-state index contributed by atoms with van der Waals surface area (Å²) in [5.74, 6) is 1.99. The van der Waals surface area contributed by atoms with Crippen molar-refractivity contribution < 1.29 is 4.79 Å². The second-order valence-electron chi connectivity index (χ2n) is 6.32. The molecule has 4 rings (SSSR count). The van der Waals surface area contributed by atoms with Crippen LogP contribution >= 0.6 is 0 Å². The van der Waals surface area contributed by atoms with Gasteiger partial charge < -0.3 is 9.88 Å². The van der Waals surface area contributed by atoms with Crippen LogP contribution in [0.1, 0.15) is 46.0 Å². The molecule has 0 spiro atoms. The van der Waals surface area contributed by atoms with Crippen molar-refractivity contribution in [2.24, 2.45) is 0 Å². The minimum atomic E-state index is 0.0360. The number of carbonyl (C=O) groups is 1. The average Bonchev–Trinajstić information content (AvgIpc) is 3.13. The van der Waals surface area contributed by atoms with Crippen LogP contribution in [0.2, 0.25) is 0 Å². The molecular formula is C17H20N4O. The molecule has 0 fully saturated rings. The molecule has 1 aromatic heterocycles. The summed E-state index contributed by atoms with van der Waals surface area (Å²) in [6.07, 6.45) is 5.25. The van der Waals surface area contributed by atoms with E-state index in [1.54, 1.807) is 0 Å². The second-order valence-corrected chi connectivity index (χ2v) is 6.32. The highest BCUT2D eigenvalue weighted by Crippen LogP contribution is 2.23. The zero-order valence-corrected chi connectivity index (χ0v) is 12.8. The lowest BCUT2D eigenvalue weighted by atomic mass is 10.0. The van der Waals surface area contributed by atoms with Crippen LogP contribution in [0.5, 0.6) is 0 Å². The molecule has 1 N–H and O–H groups in total. The minimum Gasteiger partial charge on any atom is -0.347 e. The third kappa shape index (κ3) is 2.30. The molecule has 0 saturated heterocycles. The Morgan fingerprint density at radius 1 is 1.23 bits per heavy atom. The molecule has 2 aromatic rings. The van der Waals surface area contributed by atoms with Gasteiger partial charge in [-0.05, 0) is 55.9 Å². The molecule has 0 saturated carbocycles. The van der Waals surface area contributed by atoms with Crippen molar-refractivity contribution in [1.82, 2.24) is 20.1 Å². The number of carbonyl (C=O) groups excluding carboxylic acids is 1. The predicted octanol–water partition coefficient (Wildman–Crippen LogP) is 1.82. The molecular weight excluding hydrogens is 276 g/mol. The normalized spacial score (nSPS) is 19.6. The van der Waals surface area contributed by atoms with E-state index in [9.17, 15) is 4.79 Å². The van der Waals surface area contributed by atoms with Gasteiger partial charge in [-0.25, -0.2) is 0 Å². The molecule has 1 aromatic carbocycles. The predicted molar refractivity (Wildman–Crippen MR) is 82.8 cm³/mol. The Bertz CT molecular complexity index is 734. The quantitative estimate of drug-likeness (QED) is 0.919. The van der Waals surface area contributed by atoms with Crippen molar-refractivity contribution >= 4 is 5.91 Å².